The highest BCUT2D eigenvalue weighted by atomic mass is 16.6. The third-order valence-corrected chi connectivity index (χ3v) is 5.11. The van der Waals surface area contributed by atoms with E-state index in [0.29, 0.717) is 22.6 Å². The van der Waals surface area contributed by atoms with Crippen molar-refractivity contribution in [2.75, 3.05) is 12.4 Å². The lowest BCUT2D eigenvalue weighted by molar-refractivity contribution is -0.112. The van der Waals surface area contributed by atoms with Crippen LogP contribution in [0.1, 0.15) is 15.9 Å². The number of ether oxygens (including phenoxy) is 2. The van der Waals surface area contributed by atoms with Crippen molar-refractivity contribution in [1.29, 1.82) is 5.26 Å². The fourth-order valence-electron chi connectivity index (χ4n) is 3.45. The number of carbonyl (C=O) groups excluding carboxylic acids is 2. The zero-order valence-corrected chi connectivity index (χ0v) is 18.3. The Kier molecular flexibility index (Phi) is 6.66. The maximum atomic E-state index is 12.9. The molecule has 0 aliphatic carbocycles. The molecule has 0 aliphatic rings. The molecule has 0 aliphatic heterocycles. The molecule has 166 valence electrons. The molecule has 0 unspecified atom stereocenters. The van der Waals surface area contributed by atoms with E-state index in [1.165, 1.54) is 13.2 Å². The number of carbonyl (C=O) groups is 2. The lowest BCUT2D eigenvalue weighted by Gasteiger charge is -2.11. The number of anilines is 1. The molecule has 6 nitrogen and oxygen atoms in total. The van der Waals surface area contributed by atoms with Crippen LogP contribution in [0, 0.1) is 11.3 Å². The van der Waals surface area contributed by atoms with E-state index in [2.05, 4.69) is 5.32 Å². The first kappa shape index (κ1) is 22.3. The largest absolute Gasteiger partial charge is 0.493 e. The van der Waals surface area contributed by atoms with Crippen LogP contribution in [-0.2, 0) is 4.79 Å². The number of methoxy groups -OCH3 is 1. The van der Waals surface area contributed by atoms with Crippen LogP contribution in [0.3, 0.4) is 0 Å². The van der Waals surface area contributed by atoms with Gasteiger partial charge in [0.15, 0.2) is 11.5 Å². The third kappa shape index (κ3) is 4.95. The van der Waals surface area contributed by atoms with E-state index in [9.17, 15) is 14.9 Å². The van der Waals surface area contributed by atoms with Crippen molar-refractivity contribution in [3.05, 3.63) is 108 Å². The second-order valence-electron chi connectivity index (χ2n) is 7.32. The highest BCUT2D eigenvalue weighted by Gasteiger charge is 2.16. The van der Waals surface area contributed by atoms with Crippen molar-refractivity contribution >= 4 is 34.4 Å². The van der Waals surface area contributed by atoms with E-state index < -0.39 is 11.9 Å². The standard InChI is InChI=1S/C28H20N2O4/c1-33-26-17-19(16-21(18-29)27(31)30-22-10-3-2-4-11-22)14-15-25(26)34-28(32)24-13-7-9-20-8-5-6-12-23(20)24/h2-17H,1H3,(H,30,31)/b21-16+. The Morgan fingerprint density at radius 2 is 1.62 bits per heavy atom. The van der Waals surface area contributed by atoms with E-state index in [4.69, 9.17) is 9.47 Å². The normalized spacial score (nSPS) is 10.9. The molecule has 1 amide bonds. The second kappa shape index (κ2) is 10.2. The van der Waals surface area contributed by atoms with Crippen molar-refractivity contribution in [2.24, 2.45) is 0 Å². The Bertz CT molecular complexity index is 1430. The summed E-state index contributed by atoms with van der Waals surface area (Å²) in [6, 6.07) is 28.6. The molecule has 1 N–H and O–H groups in total. The van der Waals surface area contributed by atoms with Gasteiger partial charge in [0.1, 0.15) is 11.6 Å². The van der Waals surface area contributed by atoms with Gasteiger partial charge < -0.3 is 14.8 Å². The molecule has 4 aromatic carbocycles. The average molecular weight is 448 g/mol. The van der Waals surface area contributed by atoms with Gasteiger partial charge in [-0.1, -0.05) is 60.7 Å². The Morgan fingerprint density at radius 1 is 0.882 bits per heavy atom. The summed E-state index contributed by atoms with van der Waals surface area (Å²) in [5.74, 6) is -0.523. The van der Waals surface area contributed by atoms with Gasteiger partial charge in [0.2, 0.25) is 0 Å². The highest BCUT2D eigenvalue weighted by Crippen LogP contribution is 2.30. The number of fused-ring (bicyclic) bond motifs is 1. The van der Waals surface area contributed by atoms with E-state index in [-0.39, 0.29) is 11.3 Å². The van der Waals surface area contributed by atoms with Crippen LogP contribution >= 0.6 is 0 Å². The number of para-hydroxylation sites is 1. The van der Waals surface area contributed by atoms with Crippen LogP contribution in [0.25, 0.3) is 16.8 Å². The Hall–Kier alpha value is -4.89. The predicted octanol–water partition coefficient (Wildman–Crippen LogP) is 5.61. The molecule has 0 saturated carbocycles. The van der Waals surface area contributed by atoms with Crippen LogP contribution in [0.4, 0.5) is 5.69 Å². The van der Waals surface area contributed by atoms with E-state index in [0.717, 1.165) is 10.8 Å². The Morgan fingerprint density at radius 3 is 2.38 bits per heavy atom. The fourth-order valence-corrected chi connectivity index (χ4v) is 3.45. The first-order valence-corrected chi connectivity index (χ1v) is 10.4. The molecule has 34 heavy (non-hydrogen) atoms. The monoisotopic (exact) mass is 448 g/mol. The van der Waals surface area contributed by atoms with Gasteiger partial charge in [0.05, 0.1) is 12.7 Å². The molecule has 6 heteroatoms. The van der Waals surface area contributed by atoms with E-state index >= 15 is 0 Å². The van der Waals surface area contributed by atoms with Crippen LogP contribution < -0.4 is 14.8 Å². The zero-order chi connectivity index (χ0) is 23.9. The summed E-state index contributed by atoms with van der Waals surface area (Å²) in [5, 5.41) is 13.9. The number of amides is 1. The third-order valence-electron chi connectivity index (χ3n) is 5.11. The Balaban J connectivity index is 1.57. The summed E-state index contributed by atoms with van der Waals surface area (Å²) in [6.07, 6.45) is 1.44. The van der Waals surface area contributed by atoms with Crippen molar-refractivity contribution in [2.45, 2.75) is 0 Å². The number of nitrogens with one attached hydrogen (secondary N) is 1. The summed E-state index contributed by atoms with van der Waals surface area (Å²) in [6.45, 7) is 0. The SMILES string of the molecule is COc1cc(/C=C(\C#N)C(=O)Nc2ccccc2)ccc1OC(=O)c1cccc2ccccc12. The van der Waals surface area contributed by atoms with Gasteiger partial charge in [-0.05, 0) is 52.7 Å². The quantitative estimate of drug-likeness (QED) is 0.179. The summed E-state index contributed by atoms with van der Waals surface area (Å²) < 4.78 is 11.0. The molecular formula is C28H20N2O4. The Labute approximate surface area is 196 Å². The number of benzene rings is 4. The van der Waals surface area contributed by atoms with Crippen molar-refractivity contribution in [3.8, 4) is 17.6 Å². The van der Waals surface area contributed by atoms with Gasteiger partial charge in [-0.25, -0.2) is 4.79 Å². The van der Waals surface area contributed by atoms with Crippen molar-refractivity contribution in [1.82, 2.24) is 0 Å². The lowest BCUT2D eigenvalue weighted by atomic mass is 10.0. The van der Waals surface area contributed by atoms with Gasteiger partial charge >= 0.3 is 5.97 Å². The first-order chi connectivity index (χ1) is 16.6. The number of hydrogen-bond donors (Lipinski definition) is 1. The minimum atomic E-state index is -0.529. The molecule has 0 aromatic heterocycles. The fraction of sp³-hybridized carbons (Fsp3) is 0.0357. The summed E-state index contributed by atoms with van der Waals surface area (Å²) in [5.41, 5.74) is 1.49. The van der Waals surface area contributed by atoms with Gasteiger partial charge in [-0.2, -0.15) is 5.26 Å². The predicted molar refractivity (Wildman–Crippen MR) is 131 cm³/mol. The van der Waals surface area contributed by atoms with Gasteiger partial charge in [0, 0.05) is 5.69 Å². The van der Waals surface area contributed by atoms with Crippen LogP contribution in [0.5, 0.6) is 11.5 Å². The minimum Gasteiger partial charge on any atom is -0.493 e. The number of nitriles is 1. The number of hydrogen-bond acceptors (Lipinski definition) is 5. The molecule has 0 atom stereocenters. The van der Waals surface area contributed by atoms with Crippen LogP contribution in [-0.4, -0.2) is 19.0 Å². The molecule has 0 bridgehead atoms. The molecule has 0 fully saturated rings. The van der Waals surface area contributed by atoms with E-state index in [1.54, 1.807) is 54.6 Å². The minimum absolute atomic E-state index is 0.0774. The smallest absolute Gasteiger partial charge is 0.344 e. The maximum absolute atomic E-state index is 12.9. The summed E-state index contributed by atoms with van der Waals surface area (Å²) >= 11 is 0. The van der Waals surface area contributed by atoms with Crippen molar-refractivity contribution < 1.29 is 19.1 Å². The first-order valence-electron chi connectivity index (χ1n) is 10.4. The van der Waals surface area contributed by atoms with Crippen LogP contribution in [0.15, 0.2) is 96.6 Å². The molecular weight excluding hydrogens is 428 g/mol. The lowest BCUT2D eigenvalue weighted by Crippen LogP contribution is -2.13. The number of rotatable bonds is 6. The topological polar surface area (TPSA) is 88.4 Å². The summed E-state index contributed by atoms with van der Waals surface area (Å²) in [4.78, 5) is 25.4. The van der Waals surface area contributed by atoms with Crippen LogP contribution in [0.2, 0.25) is 0 Å². The molecule has 0 saturated heterocycles. The molecule has 0 heterocycles. The molecule has 4 aromatic rings. The second-order valence-corrected chi connectivity index (χ2v) is 7.32. The van der Waals surface area contributed by atoms with Crippen molar-refractivity contribution in [3.63, 3.8) is 0 Å². The zero-order valence-electron chi connectivity index (χ0n) is 18.3. The molecule has 4 rings (SSSR count). The molecule has 0 spiro atoms. The number of esters is 1. The molecule has 0 radical (unpaired) electrons. The van der Waals surface area contributed by atoms with Gasteiger partial charge in [-0.15, -0.1) is 0 Å². The highest BCUT2D eigenvalue weighted by molar-refractivity contribution is 6.09. The maximum Gasteiger partial charge on any atom is 0.344 e. The summed E-state index contributed by atoms with van der Waals surface area (Å²) in [7, 11) is 1.45. The number of nitrogens with zero attached hydrogens (tertiary/aromatic N) is 1. The van der Waals surface area contributed by atoms with Gasteiger partial charge in [-0.3, -0.25) is 4.79 Å². The van der Waals surface area contributed by atoms with E-state index in [1.807, 2.05) is 42.5 Å². The average Bonchev–Trinajstić information content (AvgIpc) is 2.88. The van der Waals surface area contributed by atoms with Gasteiger partial charge in [0.25, 0.3) is 5.91 Å².